The zero-order valence-electron chi connectivity index (χ0n) is 18.3. The highest BCUT2D eigenvalue weighted by atomic mass is 35.5. The number of ether oxygens (including phenoxy) is 2. The second kappa shape index (κ2) is 10.5. The van der Waals surface area contributed by atoms with E-state index in [1.807, 2.05) is 20.8 Å². The van der Waals surface area contributed by atoms with E-state index in [4.69, 9.17) is 32.7 Å². The zero-order chi connectivity index (χ0) is 24.2. The van der Waals surface area contributed by atoms with E-state index in [0.29, 0.717) is 28.2 Å². The maximum absolute atomic E-state index is 13.4. The van der Waals surface area contributed by atoms with Gasteiger partial charge in [0.1, 0.15) is 11.5 Å². The lowest BCUT2D eigenvalue weighted by Gasteiger charge is -2.23. The number of hydrogen-bond acceptors (Lipinski definition) is 5. The summed E-state index contributed by atoms with van der Waals surface area (Å²) >= 11 is 12.1. The van der Waals surface area contributed by atoms with Crippen LogP contribution >= 0.6 is 23.2 Å². The van der Waals surface area contributed by atoms with Crippen molar-refractivity contribution in [1.29, 1.82) is 0 Å². The van der Waals surface area contributed by atoms with Crippen molar-refractivity contribution in [2.75, 3.05) is 17.5 Å². The Hall–Kier alpha value is -2.74. The molecule has 6 nitrogen and oxygen atoms in total. The third kappa shape index (κ3) is 5.79. The van der Waals surface area contributed by atoms with Crippen LogP contribution in [-0.4, -0.2) is 27.5 Å². The van der Waals surface area contributed by atoms with Crippen LogP contribution < -0.4 is 13.8 Å². The average Bonchev–Trinajstić information content (AvgIpc) is 2.77. The molecule has 1 amide bonds. The molecule has 9 heteroatoms. The Morgan fingerprint density at radius 2 is 1.45 bits per heavy atom. The van der Waals surface area contributed by atoms with E-state index in [1.165, 1.54) is 36.4 Å². The van der Waals surface area contributed by atoms with Crippen LogP contribution in [0.2, 0.25) is 10.0 Å². The van der Waals surface area contributed by atoms with Gasteiger partial charge in [-0.3, -0.25) is 4.79 Å². The molecule has 0 aliphatic rings. The number of nitrogens with zero attached hydrogens (tertiary/aromatic N) is 1. The van der Waals surface area contributed by atoms with Crippen LogP contribution in [0.4, 0.5) is 5.69 Å². The van der Waals surface area contributed by atoms with Crippen molar-refractivity contribution >= 4 is 44.8 Å². The van der Waals surface area contributed by atoms with Crippen molar-refractivity contribution in [2.45, 2.75) is 25.7 Å². The normalized spacial score (nSPS) is 11.2. The van der Waals surface area contributed by atoms with E-state index < -0.39 is 22.5 Å². The molecule has 3 aromatic rings. The smallest absolute Gasteiger partial charge is 0.278 e. The molecule has 0 bridgehead atoms. The molecule has 0 atom stereocenters. The first-order chi connectivity index (χ1) is 15.6. The Kier molecular flexibility index (Phi) is 7.89. The van der Waals surface area contributed by atoms with Crippen molar-refractivity contribution in [3.8, 4) is 11.5 Å². The number of amides is 1. The Morgan fingerprint density at radius 3 is 2.00 bits per heavy atom. The van der Waals surface area contributed by atoms with Gasteiger partial charge in [0, 0.05) is 10.0 Å². The van der Waals surface area contributed by atoms with Gasteiger partial charge in [-0.2, -0.15) is 4.31 Å². The monoisotopic (exact) mass is 507 g/mol. The molecule has 33 heavy (non-hydrogen) atoms. The summed E-state index contributed by atoms with van der Waals surface area (Å²) in [7, 11) is -4.24. The lowest BCUT2D eigenvalue weighted by atomic mass is 10.1. The SMILES string of the molecule is CCOc1ccc(N(C(=O)COc2cc(C)c(Cl)c(C)c2)S(=O)(=O)c2ccc(Cl)cc2)cc1. The van der Waals surface area contributed by atoms with Gasteiger partial charge < -0.3 is 9.47 Å². The summed E-state index contributed by atoms with van der Waals surface area (Å²) in [6.45, 7) is 5.44. The number of carbonyl (C=O) groups is 1. The summed E-state index contributed by atoms with van der Waals surface area (Å²) in [5.41, 5.74) is 1.73. The van der Waals surface area contributed by atoms with Gasteiger partial charge in [0.2, 0.25) is 0 Å². The molecule has 0 aliphatic carbocycles. The largest absolute Gasteiger partial charge is 0.494 e. The second-order valence-electron chi connectivity index (χ2n) is 7.20. The highest BCUT2D eigenvalue weighted by molar-refractivity contribution is 7.93. The van der Waals surface area contributed by atoms with Crippen LogP contribution in [-0.2, 0) is 14.8 Å². The van der Waals surface area contributed by atoms with Crippen LogP contribution in [0, 0.1) is 13.8 Å². The van der Waals surface area contributed by atoms with E-state index in [0.717, 1.165) is 15.4 Å². The summed E-state index contributed by atoms with van der Waals surface area (Å²) in [6, 6.07) is 15.2. The maximum Gasteiger partial charge on any atom is 0.278 e. The van der Waals surface area contributed by atoms with Crippen molar-refractivity contribution in [2.24, 2.45) is 0 Å². The van der Waals surface area contributed by atoms with E-state index in [2.05, 4.69) is 0 Å². The fraction of sp³-hybridized carbons (Fsp3) is 0.208. The lowest BCUT2D eigenvalue weighted by Crippen LogP contribution is -2.40. The van der Waals surface area contributed by atoms with Crippen LogP contribution in [0.15, 0.2) is 65.6 Å². The quantitative estimate of drug-likeness (QED) is 0.384. The molecule has 0 unspecified atom stereocenters. The van der Waals surface area contributed by atoms with Crippen LogP contribution in [0.1, 0.15) is 18.1 Å². The Labute approximate surface area is 203 Å². The summed E-state index contributed by atoms with van der Waals surface area (Å²) in [6.07, 6.45) is 0. The summed E-state index contributed by atoms with van der Waals surface area (Å²) < 4.78 is 38.6. The van der Waals surface area contributed by atoms with Crippen LogP contribution in [0.3, 0.4) is 0 Å². The molecular weight excluding hydrogens is 485 g/mol. The Bertz CT molecular complexity index is 1220. The van der Waals surface area contributed by atoms with Gasteiger partial charge in [-0.15, -0.1) is 0 Å². The molecule has 0 saturated heterocycles. The number of benzene rings is 3. The fourth-order valence-electron chi connectivity index (χ4n) is 3.17. The zero-order valence-corrected chi connectivity index (χ0v) is 20.7. The Balaban J connectivity index is 1.95. The molecule has 0 saturated carbocycles. The molecule has 3 aromatic carbocycles. The minimum absolute atomic E-state index is 0.0766. The number of sulfonamides is 1. The number of rotatable bonds is 8. The van der Waals surface area contributed by atoms with E-state index in [1.54, 1.807) is 24.3 Å². The fourth-order valence-corrected chi connectivity index (χ4v) is 4.81. The molecule has 0 N–H and O–H groups in total. The van der Waals surface area contributed by atoms with Crippen molar-refractivity contribution < 1.29 is 22.7 Å². The molecule has 0 fully saturated rings. The minimum Gasteiger partial charge on any atom is -0.494 e. The Morgan fingerprint density at radius 1 is 0.879 bits per heavy atom. The highest BCUT2D eigenvalue weighted by Crippen LogP contribution is 2.29. The van der Waals surface area contributed by atoms with Gasteiger partial charge in [-0.05, 0) is 92.6 Å². The van der Waals surface area contributed by atoms with Crippen LogP contribution in [0.25, 0.3) is 0 Å². The van der Waals surface area contributed by atoms with E-state index >= 15 is 0 Å². The first kappa shape index (κ1) is 24.9. The average molecular weight is 508 g/mol. The summed E-state index contributed by atoms with van der Waals surface area (Å²) in [4.78, 5) is 13.1. The summed E-state index contributed by atoms with van der Waals surface area (Å²) in [5.74, 6) is 0.207. The second-order valence-corrected chi connectivity index (χ2v) is 9.80. The van der Waals surface area contributed by atoms with Gasteiger partial charge in [0.25, 0.3) is 15.9 Å². The summed E-state index contributed by atoms with van der Waals surface area (Å²) in [5, 5.41) is 0.986. The van der Waals surface area contributed by atoms with E-state index in [9.17, 15) is 13.2 Å². The number of aryl methyl sites for hydroxylation is 2. The minimum atomic E-state index is -4.24. The lowest BCUT2D eigenvalue weighted by molar-refractivity contribution is -0.119. The van der Waals surface area contributed by atoms with Crippen molar-refractivity contribution in [3.63, 3.8) is 0 Å². The molecule has 0 heterocycles. The topological polar surface area (TPSA) is 72.9 Å². The number of hydrogen-bond donors (Lipinski definition) is 0. The highest BCUT2D eigenvalue weighted by Gasteiger charge is 2.31. The number of halogens is 2. The number of anilines is 1. The van der Waals surface area contributed by atoms with Gasteiger partial charge in [-0.1, -0.05) is 23.2 Å². The maximum atomic E-state index is 13.4. The first-order valence-corrected chi connectivity index (χ1v) is 12.3. The molecule has 3 rings (SSSR count). The third-order valence-electron chi connectivity index (χ3n) is 4.73. The van der Waals surface area contributed by atoms with Crippen molar-refractivity contribution in [1.82, 2.24) is 0 Å². The molecule has 0 spiro atoms. The van der Waals surface area contributed by atoms with Gasteiger partial charge in [0.05, 0.1) is 17.2 Å². The molecule has 0 aromatic heterocycles. The predicted octanol–water partition coefficient (Wildman–Crippen LogP) is 5.81. The molecule has 174 valence electrons. The first-order valence-electron chi connectivity index (χ1n) is 10.1. The standard InChI is InChI=1S/C24H23Cl2NO5S/c1-4-31-20-9-7-19(8-10-20)27(33(29,30)22-11-5-18(25)6-12-22)23(28)15-32-21-13-16(2)24(26)17(3)14-21/h5-14H,4,15H2,1-3H3. The number of carbonyl (C=O) groups excluding carboxylic acids is 1. The molecule has 0 radical (unpaired) electrons. The molecular formula is C24H23Cl2NO5S. The van der Waals surface area contributed by atoms with Crippen molar-refractivity contribution in [3.05, 3.63) is 81.8 Å². The van der Waals surface area contributed by atoms with E-state index in [-0.39, 0.29) is 10.6 Å². The van der Waals surface area contributed by atoms with Gasteiger partial charge in [-0.25, -0.2) is 8.42 Å². The van der Waals surface area contributed by atoms with Gasteiger partial charge in [0.15, 0.2) is 6.61 Å². The predicted molar refractivity (Wildman–Crippen MR) is 130 cm³/mol. The third-order valence-corrected chi connectivity index (χ3v) is 7.34. The molecule has 0 aliphatic heterocycles. The van der Waals surface area contributed by atoms with Gasteiger partial charge >= 0.3 is 0 Å². The van der Waals surface area contributed by atoms with Crippen LogP contribution in [0.5, 0.6) is 11.5 Å².